The van der Waals surface area contributed by atoms with Gasteiger partial charge in [0.25, 0.3) is 0 Å². The van der Waals surface area contributed by atoms with E-state index in [2.05, 4.69) is 61.6 Å². The van der Waals surface area contributed by atoms with Crippen molar-refractivity contribution in [2.24, 2.45) is 0 Å². The van der Waals surface area contributed by atoms with Crippen LogP contribution in [0.1, 0.15) is 41.5 Å². The molecular weight excluding hydrogens is 501 g/mol. The van der Waals surface area contributed by atoms with Crippen LogP contribution in [0.3, 0.4) is 0 Å². The van der Waals surface area contributed by atoms with E-state index in [1.165, 1.54) is 37.0 Å². The maximum Gasteiger partial charge on any atom is -0.00853 e. The van der Waals surface area contributed by atoms with Crippen molar-refractivity contribution in [2.45, 2.75) is 41.5 Å². The number of hydrogen-bond donors (Lipinski definition) is 0. The summed E-state index contributed by atoms with van der Waals surface area (Å²) >= 11 is 1.61. The molecule has 0 aromatic carbocycles. The molecule has 1 nitrogen and oxygen atoms in total. The molecule has 0 aliphatic rings. The first-order valence-corrected chi connectivity index (χ1v) is 14.3. The molecule has 130 valence electrons. The molecule has 5 heteroatoms. The van der Waals surface area contributed by atoms with E-state index >= 15 is 0 Å². The van der Waals surface area contributed by atoms with Gasteiger partial charge in [-0.3, -0.25) is 0 Å². The van der Waals surface area contributed by atoms with Gasteiger partial charge in [-0.25, -0.2) is 0 Å². The quantitative estimate of drug-likeness (QED) is 0.289. The Labute approximate surface area is 151 Å². The number of halogens is 1. The van der Waals surface area contributed by atoms with Crippen LogP contribution in [0.15, 0.2) is 22.8 Å². The van der Waals surface area contributed by atoms with Gasteiger partial charge in [0.1, 0.15) is 0 Å². The van der Waals surface area contributed by atoms with Crippen LogP contribution in [0.4, 0.5) is 0 Å². The summed E-state index contributed by atoms with van der Waals surface area (Å²) in [5.41, 5.74) is 0. The third kappa shape index (κ3) is 23.5. The van der Waals surface area contributed by atoms with Crippen molar-refractivity contribution in [1.82, 2.24) is 0 Å². The van der Waals surface area contributed by atoms with Crippen molar-refractivity contribution < 1.29 is 23.2 Å². The fraction of sp³-hybridized carbons (Fsp3) is 0.750. The molecular formula is C16H33ClOP2Pt. The topological polar surface area (TPSA) is 13.1 Å². The third-order valence-corrected chi connectivity index (χ3v) is 8.43. The summed E-state index contributed by atoms with van der Waals surface area (Å²) in [6.07, 6.45) is 12.6. The molecule has 0 spiro atoms. The molecule has 0 amide bonds. The van der Waals surface area contributed by atoms with Crippen LogP contribution in [-0.4, -0.2) is 37.0 Å². The van der Waals surface area contributed by atoms with Crippen molar-refractivity contribution >= 4 is 25.3 Å². The summed E-state index contributed by atoms with van der Waals surface area (Å²) in [7, 11) is 5.50. The minimum absolute atomic E-state index is 0.446. The van der Waals surface area contributed by atoms with Gasteiger partial charge in [0.05, 0.1) is 0 Å². The maximum absolute atomic E-state index is 4.61. The monoisotopic (exact) mass is 533 g/mol. The minimum atomic E-state index is 0.446. The van der Waals surface area contributed by atoms with Gasteiger partial charge in [0, 0.05) is 0 Å². The van der Waals surface area contributed by atoms with Gasteiger partial charge in [0.15, 0.2) is 0 Å². The van der Waals surface area contributed by atoms with E-state index in [4.69, 9.17) is 0 Å². The number of furan rings is 1. The molecule has 0 unspecified atom stereocenters. The molecule has 21 heavy (non-hydrogen) atoms. The van der Waals surface area contributed by atoms with Crippen LogP contribution >= 0.6 is 25.3 Å². The van der Waals surface area contributed by atoms with E-state index in [0.29, 0.717) is 15.8 Å². The first-order chi connectivity index (χ1) is 10.2. The standard InChI is InChI=1S/2C6H15P.C4H3O.ClH.Pt/c2*1-4-7(5-2)6-3;1-2-4-5-3-1;;/h2*4-6H2,1-3H3;1-3H;1H;/q;;-1;;+2/p-1. The largest absolute Gasteiger partial charge is 0.599 e. The second kappa shape index (κ2) is 26.0. The number of hydrogen-bond acceptors (Lipinski definition) is 1. The molecule has 0 fully saturated rings. The molecule has 0 aliphatic carbocycles. The zero-order chi connectivity index (χ0) is 16.9. The Morgan fingerprint density at radius 3 is 1.19 bits per heavy atom. The molecule has 0 saturated carbocycles. The first kappa shape index (κ1) is 27.0. The molecule has 0 bridgehead atoms. The van der Waals surface area contributed by atoms with Crippen LogP contribution in [-0.2, 0) is 18.8 Å². The van der Waals surface area contributed by atoms with Crippen LogP contribution in [0, 0.1) is 6.26 Å². The average molecular weight is 534 g/mol. The van der Waals surface area contributed by atoms with Crippen LogP contribution < -0.4 is 0 Å². The van der Waals surface area contributed by atoms with E-state index < -0.39 is 0 Å². The second-order valence-corrected chi connectivity index (χ2v) is 10.4. The van der Waals surface area contributed by atoms with E-state index in [-0.39, 0.29) is 0 Å². The fourth-order valence-electron chi connectivity index (χ4n) is 1.54. The number of rotatable bonds is 6. The fourth-order valence-corrected chi connectivity index (χ4v) is 4.22. The van der Waals surface area contributed by atoms with Crippen LogP contribution in [0.2, 0.25) is 0 Å². The smallest absolute Gasteiger partial charge is 0.00853 e. The Balaban J connectivity index is -0.000000220. The van der Waals surface area contributed by atoms with E-state index in [1.54, 1.807) is 37.2 Å². The van der Waals surface area contributed by atoms with Crippen molar-refractivity contribution in [1.29, 1.82) is 0 Å². The van der Waals surface area contributed by atoms with Gasteiger partial charge in [0.2, 0.25) is 0 Å². The van der Waals surface area contributed by atoms with Gasteiger partial charge in [-0.05, 0) is 43.2 Å². The first-order valence-electron chi connectivity index (χ1n) is 7.65. The molecule has 1 aromatic heterocycles. The summed E-state index contributed by atoms with van der Waals surface area (Å²) in [6, 6.07) is 3.49. The average Bonchev–Trinajstić information content (AvgIpc) is 3.13. The summed E-state index contributed by atoms with van der Waals surface area (Å²) in [5.74, 6) is 0. The summed E-state index contributed by atoms with van der Waals surface area (Å²) in [4.78, 5) is 0. The zero-order valence-electron chi connectivity index (χ0n) is 14.5. The van der Waals surface area contributed by atoms with Gasteiger partial charge < -0.3 is 4.42 Å². The molecule has 0 saturated heterocycles. The molecule has 0 atom stereocenters. The SMILES string of the molecule is CCP(CC)CC.CCP(CC)CC.[Cl][Pt+].[c-]1ccco1. The van der Waals surface area contributed by atoms with Gasteiger partial charge in [-0.2, -0.15) is 6.07 Å². The van der Waals surface area contributed by atoms with Crippen molar-refractivity contribution in [3.8, 4) is 0 Å². The van der Waals surface area contributed by atoms with Crippen molar-refractivity contribution in [3.05, 3.63) is 24.7 Å². The maximum atomic E-state index is 4.61. The Morgan fingerprint density at radius 1 is 0.810 bits per heavy atom. The predicted octanol–water partition coefficient (Wildman–Crippen LogP) is 6.82. The molecule has 1 rings (SSSR count). The van der Waals surface area contributed by atoms with Crippen molar-refractivity contribution in [3.63, 3.8) is 0 Å². The van der Waals surface area contributed by atoms with E-state index in [1.807, 2.05) is 0 Å². The normalized spacial score (nSPS) is 9.10. The molecule has 1 aromatic rings. The molecule has 0 radical (unpaired) electrons. The predicted molar refractivity (Wildman–Crippen MR) is 100 cm³/mol. The minimum Gasteiger partial charge on any atom is -0.599 e. The Kier molecular flexibility index (Phi) is 33.5. The van der Waals surface area contributed by atoms with Crippen molar-refractivity contribution in [2.75, 3.05) is 37.0 Å². The second-order valence-electron chi connectivity index (χ2n) is 3.97. The molecule has 0 aliphatic heterocycles. The Morgan fingerprint density at radius 2 is 1.14 bits per heavy atom. The molecule has 0 N–H and O–H groups in total. The van der Waals surface area contributed by atoms with Crippen LogP contribution in [0.5, 0.6) is 0 Å². The third-order valence-electron chi connectivity index (χ3n) is 3.06. The zero-order valence-corrected chi connectivity index (χ0v) is 19.3. The van der Waals surface area contributed by atoms with E-state index in [0.717, 1.165) is 0 Å². The van der Waals surface area contributed by atoms with Gasteiger partial charge >= 0.3 is 28.2 Å². The van der Waals surface area contributed by atoms with Crippen LogP contribution in [0.25, 0.3) is 0 Å². The Hall–Kier alpha value is 1.12. The van der Waals surface area contributed by atoms with Gasteiger partial charge in [-0.1, -0.05) is 47.8 Å². The summed E-state index contributed by atoms with van der Waals surface area (Å²) in [5, 5.41) is 0. The van der Waals surface area contributed by atoms with E-state index in [9.17, 15) is 0 Å². The van der Waals surface area contributed by atoms with Gasteiger partial charge in [-0.15, -0.1) is 21.9 Å². The summed E-state index contributed by atoms with van der Waals surface area (Å²) in [6.45, 7) is 13.7. The molecule has 1 heterocycles. The Bertz CT molecular complexity index is 188. The summed E-state index contributed by atoms with van der Waals surface area (Å²) < 4.78 is 4.46.